The summed E-state index contributed by atoms with van der Waals surface area (Å²) in [6, 6.07) is 16.7. The number of amides is 1. The Kier molecular flexibility index (Phi) is 6.60. The van der Waals surface area contributed by atoms with Gasteiger partial charge in [0.15, 0.2) is 6.10 Å². The van der Waals surface area contributed by atoms with E-state index in [0.29, 0.717) is 21.8 Å². The number of nitriles is 1. The Morgan fingerprint density at radius 1 is 1.20 bits per heavy atom. The number of benzene rings is 2. The summed E-state index contributed by atoms with van der Waals surface area (Å²) >= 11 is 1.24. The molecule has 1 amide bonds. The smallest absolute Gasteiger partial charge is 0.351 e. The molecule has 1 N–H and O–H groups in total. The number of rotatable bonds is 6. The molecule has 3 rings (SSSR count). The summed E-state index contributed by atoms with van der Waals surface area (Å²) in [7, 11) is 0. The van der Waals surface area contributed by atoms with Crippen molar-refractivity contribution in [2.24, 2.45) is 0 Å². The van der Waals surface area contributed by atoms with Gasteiger partial charge in [-0.25, -0.2) is 9.78 Å². The van der Waals surface area contributed by atoms with Crippen LogP contribution in [0.1, 0.15) is 40.3 Å². The molecule has 0 saturated carbocycles. The number of esters is 1. The molecule has 0 bridgehead atoms. The van der Waals surface area contributed by atoms with Gasteiger partial charge >= 0.3 is 5.97 Å². The Hall–Kier alpha value is -3.50. The minimum absolute atomic E-state index is 0.335. The van der Waals surface area contributed by atoms with Crippen molar-refractivity contribution in [1.82, 2.24) is 4.98 Å². The van der Waals surface area contributed by atoms with Crippen molar-refractivity contribution >= 4 is 28.9 Å². The zero-order chi connectivity index (χ0) is 21.7. The van der Waals surface area contributed by atoms with E-state index in [-0.39, 0.29) is 0 Å². The molecule has 7 heteroatoms. The summed E-state index contributed by atoms with van der Waals surface area (Å²) in [5.41, 5.74) is 3.42. The van der Waals surface area contributed by atoms with Gasteiger partial charge in [0.1, 0.15) is 16.0 Å². The van der Waals surface area contributed by atoms with E-state index in [4.69, 9.17) is 10.00 Å². The summed E-state index contributed by atoms with van der Waals surface area (Å²) in [5, 5.41) is 12.5. The third-order valence-corrected chi connectivity index (χ3v) is 5.74. The zero-order valence-corrected chi connectivity index (χ0v) is 17.7. The van der Waals surface area contributed by atoms with Gasteiger partial charge < -0.3 is 10.1 Å². The molecule has 0 saturated heterocycles. The molecule has 1 aromatic heterocycles. The molecule has 1 atom stereocenters. The number of ether oxygens (including phenoxy) is 1. The first kappa shape index (κ1) is 21.2. The molecule has 6 nitrogen and oxygen atoms in total. The van der Waals surface area contributed by atoms with Gasteiger partial charge in [-0.05, 0) is 38.0 Å². The lowest BCUT2D eigenvalue weighted by atomic mass is 10.1. The number of carbonyl (C=O) groups excluding carboxylic acids is 2. The maximum absolute atomic E-state index is 12.6. The lowest BCUT2D eigenvalue weighted by Crippen LogP contribution is -2.30. The van der Waals surface area contributed by atoms with Crippen molar-refractivity contribution in [3.8, 4) is 16.6 Å². The fourth-order valence-corrected chi connectivity index (χ4v) is 3.74. The maximum Gasteiger partial charge on any atom is 0.351 e. The number of carbonyl (C=O) groups is 2. The van der Waals surface area contributed by atoms with Crippen molar-refractivity contribution in [1.29, 1.82) is 5.26 Å². The van der Waals surface area contributed by atoms with Gasteiger partial charge in [-0.3, -0.25) is 4.79 Å². The Morgan fingerprint density at radius 3 is 2.57 bits per heavy atom. The highest BCUT2D eigenvalue weighted by molar-refractivity contribution is 7.17. The molecule has 1 heterocycles. The molecule has 0 fully saturated rings. The van der Waals surface area contributed by atoms with Crippen molar-refractivity contribution < 1.29 is 14.3 Å². The highest BCUT2D eigenvalue weighted by Crippen LogP contribution is 2.29. The van der Waals surface area contributed by atoms with Gasteiger partial charge in [-0.2, -0.15) is 5.26 Å². The minimum Gasteiger partial charge on any atom is -0.448 e. The van der Waals surface area contributed by atoms with E-state index in [1.807, 2.05) is 30.3 Å². The molecule has 152 valence electrons. The van der Waals surface area contributed by atoms with Crippen LogP contribution >= 0.6 is 11.3 Å². The average molecular weight is 420 g/mol. The first-order valence-electron chi connectivity index (χ1n) is 9.50. The number of aryl methyl sites for hydroxylation is 2. The van der Waals surface area contributed by atoms with Gasteiger partial charge in [0.2, 0.25) is 0 Å². The third-order valence-electron chi connectivity index (χ3n) is 4.55. The van der Waals surface area contributed by atoms with Crippen LogP contribution in [0.4, 0.5) is 5.69 Å². The molecule has 0 radical (unpaired) electrons. The van der Waals surface area contributed by atoms with Crippen LogP contribution in [0.25, 0.3) is 10.6 Å². The van der Waals surface area contributed by atoms with E-state index >= 15 is 0 Å². The monoisotopic (exact) mass is 419 g/mol. The number of nitrogens with one attached hydrogen (secondary N) is 1. The molecule has 30 heavy (non-hydrogen) atoms. The van der Waals surface area contributed by atoms with Crippen LogP contribution in [0.5, 0.6) is 0 Å². The van der Waals surface area contributed by atoms with Crippen molar-refractivity contribution in [2.45, 2.75) is 33.3 Å². The molecule has 1 unspecified atom stereocenters. The van der Waals surface area contributed by atoms with Crippen molar-refractivity contribution in [3.63, 3.8) is 0 Å². The fraction of sp³-hybridized carbons (Fsp3) is 0.217. The van der Waals surface area contributed by atoms with E-state index in [1.54, 1.807) is 31.2 Å². The number of aromatic nitrogens is 1. The summed E-state index contributed by atoms with van der Waals surface area (Å²) in [6.07, 6.45) is -0.0777. The fourth-order valence-electron chi connectivity index (χ4n) is 2.78. The van der Waals surface area contributed by atoms with Crippen molar-refractivity contribution in [3.05, 3.63) is 70.2 Å². The SMILES string of the molecule is CCc1ccc(-c2nc(C)c(C(=O)OC(C)C(=O)Nc3ccccc3C#N)s2)cc1. The van der Waals surface area contributed by atoms with Crippen LogP contribution in [0.3, 0.4) is 0 Å². The van der Waals surface area contributed by atoms with E-state index in [0.717, 1.165) is 17.0 Å². The van der Waals surface area contributed by atoms with Crippen molar-refractivity contribution in [2.75, 3.05) is 5.32 Å². The third kappa shape index (κ3) is 4.73. The highest BCUT2D eigenvalue weighted by atomic mass is 32.1. The van der Waals surface area contributed by atoms with Crippen LogP contribution in [0.2, 0.25) is 0 Å². The highest BCUT2D eigenvalue weighted by Gasteiger charge is 2.23. The molecule has 0 aliphatic carbocycles. The average Bonchev–Trinajstić information content (AvgIpc) is 3.15. The van der Waals surface area contributed by atoms with Crippen LogP contribution < -0.4 is 5.32 Å². The van der Waals surface area contributed by atoms with E-state index < -0.39 is 18.0 Å². The van der Waals surface area contributed by atoms with E-state index in [2.05, 4.69) is 17.2 Å². The first-order valence-corrected chi connectivity index (χ1v) is 10.3. The number of anilines is 1. The second-order valence-electron chi connectivity index (χ2n) is 6.68. The summed E-state index contributed by atoms with van der Waals surface area (Å²) in [4.78, 5) is 29.9. The Balaban J connectivity index is 1.70. The lowest BCUT2D eigenvalue weighted by Gasteiger charge is -2.13. The molecular weight excluding hydrogens is 398 g/mol. The second-order valence-corrected chi connectivity index (χ2v) is 7.68. The predicted molar refractivity (Wildman–Crippen MR) is 116 cm³/mol. The molecule has 0 aliphatic heterocycles. The van der Waals surface area contributed by atoms with Crippen LogP contribution in [0, 0.1) is 18.3 Å². The molecule has 3 aromatic rings. The summed E-state index contributed by atoms with van der Waals surface area (Å²) in [5.74, 6) is -1.11. The molecular formula is C23H21N3O3S. The van der Waals surface area contributed by atoms with Gasteiger partial charge in [0.25, 0.3) is 5.91 Å². The number of thiazole rings is 1. The van der Waals surface area contributed by atoms with E-state index in [9.17, 15) is 9.59 Å². The quantitative estimate of drug-likeness (QED) is 0.583. The number of para-hydroxylation sites is 1. The minimum atomic E-state index is -1.03. The molecule has 0 spiro atoms. The lowest BCUT2D eigenvalue weighted by molar-refractivity contribution is -0.123. The molecule has 2 aromatic carbocycles. The first-order chi connectivity index (χ1) is 14.4. The summed E-state index contributed by atoms with van der Waals surface area (Å²) in [6.45, 7) is 5.32. The number of hydrogen-bond donors (Lipinski definition) is 1. The largest absolute Gasteiger partial charge is 0.448 e. The van der Waals surface area contributed by atoms with Gasteiger partial charge in [0, 0.05) is 5.56 Å². The van der Waals surface area contributed by atoms with Gasteiger partial charge in [-0.15, -0.1) is 11.3 Å². The standard InChI is InChI=1S/C23H21N3O3S/c1-4-16-9-11-17(12-10-16)22-25-14(2)20(30-22)23(28)29-15(3)21(27)26-19-8-6-5-7-18(19)13-24/h5-12,15H,4H2,1-3H3,(H,26,27). The number of hydrogen-bond acceptors (Lipinski definition) is 6. The number of nitrogens with zero attached hydrogens (tertiary/aromatic N) is 2. The normalized spacial score (nSPS) is 11.4. The summed E-state index contributed by atoms with van der Waals surface area (Å²) < 4.78 is 5.35. The Bertz CT molecular complexity index is 1110. The van der Waals surface area contributed by atoms with Crippen LogP contribution in [-0.4, -0.2) is 23.0 Å². The Labute approximate surface area is 179 Å². The van der Waals surface area contributed by atoms with Gasteiger partial charge in [0.05, 0.1) is 16.9 Å². The Morgan fingerprint density at radius 2 is 1.90 bits per heavy atom. The van der Waals surface area contributed by atoms with Gasteiger partial charge in [-0.1, -0.05) is 43.3 Å². The maximum atomic E-state index is 12.6. The molecule has 0 aliphatic rings. The van der Waals surface area contributed by atoms with E-state index in [1.165, 1.54) is 23.8 Å². The van der Waals surface area contributed by atoms with Crippen LogP contribution in [0.15, 0.2) is 48.5 Å². The second kappa shape index (κ2) is 9.33. The predicted octanol–water partition coefficient (Wildman–Crippen LogP) is 4.74. The van der Waals surface area contributed by atoms with Crippen LogP contribution in [-0.2, 0) is 16.0 Å². The zero-order valence-electron chi connectivity index (χ0n) is 16.9. The topological polar surface area (TPSA) is 92.1 Å².